The third kappa shape index (κ3) is 3.87. The number of aromatic nitrogens is 2. The maximum Gasteiger partial charge on any atom is 0.111 e. The summed E-state index contributed by atoms with van der Waals surface area (Å²) in [6.07, 6.45) is 5.04. The van der Waals surface area contributed by atoms with Crippen LogP contribution in [0.15, 0.2) is 84.6 Å². The maximum absolute atomic E-state index is 4.75. The molecular weight excluding hydrogens is 330 g/mol. The second-order valence-corrected chi connectivity index (χ2v) is 7.16. The van der Waals surface area contributed by atoms with Crippen LogP contribution in [0.1, 0.15) is 31.2 Å². The fraction of sp³-hybridized carbons (Fsp3) is 0.208. The minimum absolute atomic E-state index is 0.469. The molecule has 3 nitrogen and oxygen atoms in total. The first-order chi connectivity index (χ1) is 13.1. The summed E-state index contributed by atoms with van der Waals surface area (Å²) in [4.78, 5) is 8.16. The van der Waals surface area contributed by atoms with Crippen LogP contribution in [-0.2, 0) is 6.42 Å². The third-order valence-electron chi connectivity index (χ3n) is 5.03. The fourth-order valence-electron chi connectivity index (χ4n) is 3.58. The molecule has 1 fully saturated rings. The van der Waals surface area contributed by atoms with Gasteiger partial charge in [-0.05, 0) is 47.8 Å². The number of aromatic amines is 1. The zero-order chi connectivity index (χ0) is 18.8. The Balaban J connectivity index is 1.43. The highest BCUT2D eigenvalue weighted by Crippen LogP contribution is 2.47. The number of nitrogens with one attached hydrogen (secondary N) is 2. The lowest BCUT2D eigenvalue weighted by molar-refractivity contribution is 0.898. The predicted molar refractivity (Wildman–Crippen MR) is 114 cm³/mol. The number of hydrogen-bond donors (Lipinski definition) is 2. The van der Waals surface area contributed by atoms with Gasteiger partial charge in [0.2, 0.25) is 0 Å². The van der Waals surface area contributed by atoms with Crippen molar-refractivity contribution in [2.75, 3.05) is 5.32 Å². The van der Waals surface area contributed by atoms with Crippen molar-refractivity contribution in [3.63, 3.8) is 0 Å². The summed E-state index contributed by atoms with van der Waals surface area (Å²) >= 11 is 0. The third-order valence-corrected chi connectivity index (χ3v) is 5.03. The van der Waals surface area contributed by atoms with Gasteiger partial charge in [0.15, 0.2) is 0 Å². The molecule has 2 aromatic carbocycles. The standard InChI is InChI=1S/C24H25N3/c1-4-8-20-17(3)21(20)13-16(2)25-19-11-12-22-23(15-19)27-24(26-22)14-18-9-6-5-7-10-18/h5-12,15,21,25H,2-4,13-14H2,1H3,(H,26,27)/b20-8+. The zero-order valence-electron chi connectivity index (χ0n) is 15.8. The van der Waals surface area contributed by atoms with Crippen LogP contribution in [0.3, 0.4) is 0 Å². The Morgan fingerprint density at radius 3 is 2.81 bits per heavy atom. The Labute approximate surface area is 160 Å². The van der Waals surface area contributed by atoms with Crippen LogP contribution in [0.25, 0.3) is 11.0 Å². The average Bonchev–Trinajstić information content (AvgIpc) is 3.07. The molecule has 0 amide bonds. The molecule has 2 N–H and O–H groups in total. The van der Waals surface area contributed by atoms with Gasteiger partial charge in [0.1, 0.15) is 5.82 Å². The molecule has 27 heavy (non-hydrogen) atoms. The highest BCUT2D eigenvalue weighted by Gasteiger charge is 2.34. The van der Waals surface area contributed by atoms with Crippen molar-refractivity contribution in [3.05, 3.63) is 96.0 Å². The zero-order valence-corrected chi connectivity index (χ0v) is 15.8. The molecule has 136 valence electrons. The first kappa shape index (κ1) is 17.3. The number of imidazole rings is 1. The van der Waals surface area contributed by atoms with E-state index >= 15 is 0 Å². The van der Waals surface area contributed by atoms with Crippen molar-refractivity contribution < 1.29 is 0 Å². The monoisotopic (exact) mass is 355 g/mol. The minimum Gasteiger partial charge on any atom is -0.359 e. The molecule has 1 aliphatic rings. The quantitative estimate of drug-likeness (QED) is 0.546. The second-order valence-electron chi connectivity index (χ2n) is 7.16. The molecule has 1 aromatic heterocycles. The summed E-state index contributed by atoms with van der Waals surface area (Å²) in [5.41, 5.74) is 7.98. The van der Waals surface area contributed by atoms with E-state index in [1.807, 2.05) is 6.07 Å². The second kappa shape index (κ2) is 7.28. The molecule has 1 aliphatic carbocycles. The van der Waals surface area contributed by atoms with Gasteiger partial charge in [-0.2, -0.15) is 0 Å². The summed E-state index contributed by atoms with van der Waals surface area (Å²) < 4.78 is 0. The Morgan fingerprint density at radius 1 is 1.22 bits per heavy atom. The van der Waals surface area contributed by atoms with Crippen molar-refractivity contribution in [1.82, 2.24) is 9.97 Å². The van der Waals surface area contributed by atoms with Crippen molar-refractivity contribution in [2.24, 2.45) is 5.92 Å². The average molecular weight is 355 g/mol. The van der Waals surface area contributed by atoms with Gasteiger partial charge in [0.05, 0.1) is 11.0 Å². The minimum atomic E-state index is 0.469. The highest BCUT2D eigenvalue weighted by molar-refractivity contribution is 5.80. The molecule has 0 saturated heterocycles. The van der Waals surface area contributed by atoms with Gasteiger partial charge in [-0.25, -0.2) is 4.98 Å². The van der Waals surface area contributed by atoms with E-state index in [-0.39, 0.29) is 0 Å². The van der Waals surface area contributed by atoms with Gasteiger partial charge in [-0.15, -0.1) is 0 Å². The van der Waals surface area contributed by atoms with Crippen LogP contribution < -0.4 is 5.32 Å². The fourth-order valence-corrected chi connectivity index (χ4v) is 3.58. The summed E-state index contributed by atoms with van der Waals surface area (Å²) in [6.45, 7) is 10.5. The number of rotatable bonds is 7. The first-order valence-corrected chi connectivity index (χ1v) is 9.50. The number of allylic oxidation sites excluding steroid dienone is 4. The van der Waals surface area contributed by atoms with Gasteiger partial charge < -0.3 is 10.3 Å². The smallest absolute Gasteiger partial charge is 0.111 e. The normalized spacial score (nSPS) is 17.4. The number of H-pyrrole nitrogens is 1. The molecule has 3 aromatic rings. The van der Waals surface area contributed by atoms with E-state index in [4.69, 9.17) is 4.98 Å². The number of anilines is 1. The Hall–Kier alpha value is -3.07. The van der Waals surface area contributed by atoms with E-state index in [1.165, 1.54) is 16.7 Å². The molecule has 4 rings (SSSR count). The van der Waals surface area contributed by atoms with Gasteiger partial charge in [0, 0.05) is 23.7 Å². The van der Waals surface area contributed by atoms with E-state index in [2.05, 4.69) is 78.9 Å². The van der Waals surface area contributed by atoms with Crippen LogP contribution in [0, 0.1) is 5.92 Å². The Morgan fingerprint density at radius 2 is 2.04 bits per heavy atom. The number of fused-ring (bicyclic) bond motifs is 1. The lowest BCUT2D eigenvalue weighted by atomic mass is 10.1. The molecule has 0 bridgehead atoms. The summed E-state index contributed by atoms with van der Waals surface area (Å²) in [6, 6.07) is 16.6. The van der Waals surface area contributed by atoms with E-state index in [0.29, 0.717) is 5.92 Å². The van der Waals surface area contributed by atoms with Gasteiger partial charge >= 0.3 is 0 Å². The Bertz CT molecular complexity index is 1020. The summed E-state index contributed by atoms with van der Waals surface area (Å²) in [5.74, 6) is 1.45. The van der Waals surface area contributed by atoms with Crippen LogP contribution in [0.5, 0.6) is 0 Å². The van der Waals surface area contributed by atoms with Crippen molar-refractivity contribution in [2.45, 2.75) is 26.2 Å². The lowest BCUT2D eigenvalue weighted by Gasteiger charge is -2.08. The predicted octanol–water partition coefficient (Wildman–Crippen LogP) is 5.99. The highest BCUT2D eigenvalue weighted by atomic mass is 14.9. The molecule has 0 aliphatic heterocycles. The maximum atomic E-state index is 4.75. The number of hydrogen-bond acceptors (Lipinski definition) is 2. The van der Waals surface area contributed by atoms with E-state index < -0.39 is 0 Å². The SMILES string of the molecule is C=C(CC1C(=C)/C1=C\CC)Nc1ccc2[nH]c(Cc3ccccc3)nc2c1. The van der Waals surface area contributed by atoms with E-state index in [9.17, 15) is 0 Å². The largest absolute Gasteiger partial charge is 0.359 e. The van der Waals surface area contributed by atoms with Crippen LogP contribution >= 0.6 is 0 Å². The first-order valence-electron chi connectivity index (χ1n) is 9.50. The van der Waals surface area contributed by atoms with Gasteiger partial charge in [0.25, 0.3) is 0 Å². The van der Waals surface area contributed by atoms with Crippen LogP contribution in [0.4, 0.5) is 5.69 Å². The molecule has 1 atom stereocenters. The van der Waals surface area contributed by atoms with Crippen LogP contribution in [-0.4, -0.2) is 9.97 Å². The van der Waals surface area contributed by atoms with Gasteiger partial charge in [-0.1, -0.05) is 56.5 Å². The number of nitrogens with zero attached hydrogens (tertiary/aromatic N) is 1. The molecule has 0 radical (unpaired) electrons. The van der Waals surface area contributed by atoms with Crippen molar-refractivity contribution in [3.8, 4) is 0 Å². The molecular formula is C24H25N3. The topological polar surface area (TPSA) is 40.7 Å². The molecule has 1 saturated carbocycles. The van der Waals surface area contributed by atoms with E-state index in [1.54, 1.807) is 0 Å². The number of benzene rings is 2. The lowest BCUT2D eigenvalue weighted by Crippen LogP contribution is -1.99. The Kier molecular flexibility index (Phi) is 4.68. The van der Waals surface area contributed by atoms with E-state index in [0.717, 1.165) is 47.5 Å². The molecule has 1 heterocycles. The van der Waals surface area contributed by atoms with Crippen LogP contribution in [0.2, 0.25) is 0 Å². The molecule has 0 spiro atoms. The van der Waals surface area contributed by atoms with Crippen molar-refractivity contribution in [1.29, 1.82) is 0 Å². The summed E-state index contributed by atoms with van der Waals surface area (Å²) in [5, 5.41) is 3.43. The molecule has 1 unspecified atom stereocenters. The summed E-state index contributed by atoms with van der Waals surface area (Å²) in [7, 11) is 0. The molecule has 3 heteroatoms. The van der Waals surface area contributed by atoms with Crippen molar-refractivity contribution >= 4 is 16.7 Å². The van der Waals surface area contributed by atoms with Gasteiger partial charge in [-0.3, -0.25) is 0 Å².